The normalized spacial score (nSPS) is 17.2. The van der Waals surface area contributed by atoms with Crippen LogP contribution in [0.15, 0.2) is 42.3 Å². The van der Waals surface area contributed by atoms with Gasteiger partial charge in [-0.05, 0) is 17.7 Å². The van der Waals surface area contributed by atoms with Crippen molar-refractivity contribution < 1.29 is 9.59 Å². The summed E-state index contributed by atoms with van der Waals surface area (Å²) in [5, 5.41) is 4.93. The molecule has 3 aromatic heterocycles. The minimum atomic E-state index is -0.283. The van der Waals surface area contributed by atoms with E-state index in [0.717, 1.165) is 16.2 Å². The average Bonchev–Trinajstić information content (AvgIpc) is 3.31. The van der Waals surface area contributed by atoms with E-state index >= 15 is 0 Å². The minimum absolute atomic E-state index is 0.0244. The largest absolute Gasteiger partial charge is 0.355 e. The summed E-state index contributed by atoms with van der Waals surface area (Å²) in [5.74, 6) is -0.317. The van der Waals surface area contributed by atoms with E-state index in [9.17, 15) is 9.59 Å². The van der Waals surface area contributed by atoms with Crippen LogP contribution < -0.4 is 5.32 Å². The van der Waals surface area contributed by atoms with Crippen LogP contribution in [0, 0.1) is 5.92 Å². The zero-order valence-electron chi connectivity index (χ0n) is 14.2. The summed E-state index contributed by atoms with van der Waals surface area (Å²) < 4.78 is 1.98. The Morgan fingerprint density at radius 2 is 2.19 bits per heavy atom. The van der Waals surface area contributed by atoms with E-state index in [0.29, 0.717) is 26.1 Å². The smallest absolute Gasteiger partial charge is 0.225 e. The van der Waals surface area contributed by atoms with Crippen LogP contribution in [0.25, 0.3) is 4.96 Å². The molecular formula is C18H19N5O2S. The molecule has 0 radical (unpaired) electrons. The van der Waals surface area contributed by atoms with E-state index < -0.39 is 0 Å². The quantitative estimate of drug-likeness (QED) is 0.714. The number of carbonyl (C=O) groups excluding carboxylic acids is 2. The molecule has 0 spiro atoms. The maximum Gasteiger partial charge on any atom is 0.225 e. The van der Waals surface area contributed by atoms with Gasteiger partial charge in [0, 0.05) is 62.6 Å². The van der Waals surface area contributed by atoms with Crippen molar-refractivity contribution in [3.05, 3.63) is 53.6 Å². The number of thiazole rings is 1. The van der Waals surface area contributed by atoms with Gasteiger partial charge in [-0.1, -0.05) is 0 Å². The number of pyridine rings is 1. The molecular weight excluding hydrogens is 350 g/mol. The van der Waals surface area contributed by atoms with Crippen LogP contribution in [0.2, 0.25) is 0 Å². The van der Waals surface area contributed by atoms with Crippen LogP contribution >= 0.6 is 11.3 Å². The topological polar surface area (TPSA) is 79.6 Å². The molecule has 1 aliphatic heterocycles. The number of nitrogens with zero attached hydrogens (tertiary/aromatic N) is 4. The molecule has 3 aromatic rings. The Labute approximate surface area is 154 Å². The molecule has 2 amide bonds. The number of imidazole rings is 1. The lowest BCUT2D eigenvalue weighted by Crippen LogP contribution is -2.34. The first-order chi connectivity index (χ1) is 12.7. The highest BCUT2D eigenvalue weighted by atomic mass is 32.1. The zero-order valence-corrected chi connectivity index (χ0v) is 15.0. The van der Waals surface area contributed by atoms with Crippen molar-refractivity contribution in [2.24, 2.45) is 5.92 Å². The van der Waals surface area contributed by atoms with Gasteiger partial charge in [0.05, 0.1) is 11.6 Å². The Kier molecular flexibility index (Phi) is 4.66. The third-order valence-electron chi connectivity index (χ3n) is 4.53. The van der Waals surface area contributed by atoms with Gasteiger partial charge in [-0.3, -0.25) is 19.0 Å². The van der Waals surface area contributed by atoms with Crippen molar-refractivity contribution in [3.63, 3.8) is 0 Å². The van der Waals surface area contributed by atoms with E-state index in [2.05, 4.69) is 15.3 Å². The molecule has 1 fully saturated rings. The first kappa shape index (κ1) is 16.7. The van der Waals surface area contributed by atoms with Crippen LogP contribution in [-0.2, 0) is 22.6 Å². The van der Waals surface area contributed by atoms with Gasteiger partial charge in [-0.2, -0.15) is 0 Å². The van der Waals surface area contributed by atoms with Crippen LogP contribution in [0.4, 0.5) is 0 Å². The van der Waals surface area contributed by atoms with Gasteiger partial charge in [0.2, 0.25) is 11.8 Å². The third-order valence-corrected chi connectivity index (χ3v) is 5.30. The Morgan fingerprint density at radius 1 is 1.35 bits per heavy atom. The lowest BCUT2D eigenvalue weighted by atomic mass is 10.1. The van der Waals surface area contributed by atoms with Gasteiger partial charge in [0.15, 0.2) is 4.96 Å². The number of nitrogens with one attached hydrogen (secondary N) is 1. The highest BCUT2D eigenvalue weighted by Gasteiger charge is 2.34. The maximum absolute atomic E-state index is 12.4. The van der Waals surface area contributed by atoms with Crippen molar-refractivity contribution in [1.82, 2.24) is 24.6 Å². The molecule has 134 valence electrons. The summed E-state index contributed by atoms with van der Waals surface area (Å²) in [5.41, 5.74) is 1.98. The van der Waals surface area contributed by atoms with Crippen LogP contribution in [-0.4, -0.2) is 44.2 Å². The predicted octanol–water partition coefficient (Wildman–Crippen LogP) is 1.50. The molecule has 1 atom stereocenters. The molecule has 0 aliphatic carbocycles. The number of likely N-dealkylation sites (tertiary alicyclic amines) is 1. The highest BCUT2D eigenvalue weighted by molar-refractivity contribution is 7.15. The molecule has 26 heavy (non-hydrogen) atoms. The van der Waals surface area contributed by atoms with Crippen LogP contribution in [0.5, 0.6) is 0 Å². The second kappa shape index (κ2) is 7.25. The summed E-state index contributed by atoms with van der Waals surface area (Å²) in [7, 11) is 0. The number of hydrogen-bond donors (Lipinski definition) is 1. The van der Waals surface area contributed by atoms with Crippen molar-refractivity contribution in [2.45, 2.75) is 19.4 Å². The average molecular weight is 369 g/mol. The van der Waals surface area contributed by atoms with Gasteiger partial charge < -0.3 is 10.2 Å². The van der Waals surface area contributed by atoms with Gasteiger partial charge >= 0.3 is 0 Å². The van der Waals surface area contributed by atoms with E-state index in [1.807, 2.05) is 34.3 Å². The predicted molar refractivity (Wildman–Crippen MR) is 97.5 cm³/mol. The summed E-state index contributed by atoms with van der Waals surface area (Å²) in [6.45, 7) is 1.52. The number of fused-ring (bicyclic) bond motifs is 1. The molecule has 1 N–H and O–H groups in total. The SMILES string of the molecule is O=C(NCCc1cn2ccsc2n1)C1CC(=O)N(Cc2ccncc2)C1. The molecule has 0 aromatic carbocycles. The number of carbonyl (C=O) groups is 2. The van der Waals surface area contributed by atoms with E-state index in [1.54, 1.807) is 28.6 Å². The molecule has 0 saturated carbocycles. The zero-order chi connectivity index (χ0) is 17.9. The lowest BCUT2D eigenvalue weighted by molar-refractivity contribution is -0.129. The Hall–Kier alpha value is -2.74. The maximum atomic E-state index is 12.4. The first-order valence-electron chi connectivity index (χ1n) is 8.54. The van der Waals surface area contributed by atoms with Crippen molar-refractivity contribution in [1.29, 1.82) is 0 Å². The molecule has 1 saturated heterocycles. The van der Waals surface area contributed by atoms with Gasteiger partial charge in [-0.25, -0.2) is 4.98 Å². The molecule has 4 rings (SSSR count). The lowest BCUT2D eigenvalue weighted by Gasteiger charge is -2.16. The summed E-state index contributed by atoms with van der Waals surface area (Å²) in [6.07, 6.45) is 8.32. The van der Waals surface area contributed by atoms with Gasteiger partial charge in [-0.15, -0.1) is 11.3 Å². The summed E-state index contributed by atoms with van der Waals surface area (Å²) >= 11 is 1.59. The van der Waals surface area contributed by atoms with Crippen LogP contribution in [0.1, 0.15) is 17.7 Å². The van der Waals surface area contributed by atoms with E-state index in [1.165, 1.54) is 0 Å². The second-order valence-corrected chi connectivity index (χ2v) is 7.27. The number of hydrogen-bond acceptors (Lipinski definition) is 5. The Balaban J connectivity index is 1.27. The van der Waals surface area contributed by atoms with Crippen LogP contribution in [0.3, 0.4) is 0 Å². The monoisotopic (exact) mass is 369 g/mol. The van der Waals surface area contributed by atoms with Gasteiger partial charge in [0.1, 0.15) is 0 Å². The van der Waals surface area contributed by atoms with Crippen molar-refractivity contribution >= 4 is 28.1 Å². The third kappa shape index (κ3) is 3.60. The first-order valence-corrected chi connectivity index (χ1v) is 9.42. The molecule has 1 unspecified atom stereocenters. The Morgan fingerprint density at radius 3 is 3.00 bits per heavy atom. The van der Waals surface area contributed by atoms with E-state index in [-0.39, 0.29) is 24.2 Å². The number of rotatable bonds is 6. The fraction of sp³-hybridized carbons (Fsp3) is 0.333. The molecule has 0 bridgehead atoms. The fourth-order valence-corrected chi connectivity index (χ4v) is 3.88. The van der Waals surface area contributed by atoms with Crippen molar-refractivity contribution in [2.75, 3.05) is 13.1 Å². The molecule has 8 heteroatoms. The minimum Gasteiger partial charge on any atom is -0.355 e. The standard InChI is InChI=1S/C18H19N5O2S/c24-16-9-14(11-23(16)10-13-1-4-19-5-2-13)17(25)20-6-3-15-12-22-7-8-26-18(22)21-15/h1-2,4-5,7-8,12,14H,3,6,9-11H2,(H,20,25). The molecule has 4 heterocycles. The second-order valence-electron chi connectivity index (χ2n) is 6.40. The highest BCUT2D eigenvalue weighted by Crippen LogP contribution is 2.20. The van der Waals surface area contributed by atoms with E-state index in [4.69, 9.17) is 0 Å². The number of amides is 2. The summed E-state index contributed by atoms with van der Waals surface area (Å²) in [4.78, 5) is 35.7. The fourth-order valence-electron chi connectivity index (χ4n) is 3.16. The Bertz CT molecular complexity index is 891. The summed E-state index contributed by atoms with van der Waals surface area (Å²) in [6, 6.07) is 3.77. The van der Waals surface area contributed by atoms with Gasteiger partial charge in [0.25, 0.3) is 0 Å². The molecule has 7 nitrogen and oxygen atoms in total. The van der Waals surface area contributed by atoms with Crippen molar-refractivity contribution in [3.8, 4) is 0 Å². The number of aromatic nitrogens is 3. The molecule has 1 aliphatic rings.